The molecule has 2 unspecified atom stereocenters. The van der Waals surface area contributed by atoms with Crippen LogP contribution in [0.25, 0.3) is 0 Å². The van der Waals surface area contributed by atoms with Crippen LogP contribution in [0.4, 0.5) is 0 Å². The molecular formula is C11H21NO2. The number of aliphatic carboxylic acids is 1. The predicted molar refractivity (Wildman–Crippen MR) is 56.3 cm³/mol. The van der Waals surface area contributed by atoms with Crippen LogP contribution in [0.15, 0.2) is 0 Å². The van der Waals surface area contributed by atoms with Gasteiger partial charge in [-0.1, -0.05) is 26.2 Å². The van der Waals surface area contributed by atoms with Crippen molar-refractivity contribution >= 4 is 5.97 Å². The molecule has 14 heavy (non-hydrogen) atoms. The fraction of sp³-hybridized carbons (Fsp3) is 0.909. The molecule has 0 aliphatic heterocycles. The van der Waals surface area contributed by atoms with Crippen molar-refractivity contribution < 1.29 is 9.90 Å². The van der Waals surface area contributed by atoms with Crippen molar-refractivity contribution in [1.29, 1.82) is 0 Å². The molecule has 1 aliphatic rings. The third kappa shape index (κ3) is 1.92. The number of carbonyl (C=O) groups is 1. The summed E-state index contributed by atoms with van der Waals surface area (Å²) in [6.07, 6.45) is 4.95. The highest BCUT2D eigenvalue weighted by molar-refractivity contribution is 5.78. The SMILES string of the molecule is CCC1CCCC(C(=O)O)(N(C)C)C1. The third-order valence-electron chi connectivity index (χ3n) is 3.66. The van der Waals surface area contributed by atoms with E-state index in [-0.39, 0.29) is 0 Å². The van der Waals surface area contributed by atoms with Gasteiger partial charge in [0.05, 0.1) is 0 Å². The van der Waals surface area contributed by atoms with Gasteiger partial charge in [-0.2, -0.15) is 0 Å². The second-order valence-electron chi connectivity index (χ2n) is 4.60. The van der Waals surface area contributed by atoms with Crippen LogP contribution in [0.5, 0.6) is 0 Å². The Labute approximate surface area is 86.1 Å². The average Bonchev–Trinajstić information content (AvgIpc) is 2.17. The molecular weight excluding hydrogens is 178 g/mol. The normalized spacial score (nSPS) is 33.3. The van der Waals surface area contributed by atoms with E-state index in [4.69, 9.17) is 0 Å². The van der Waals surface area contributed by atoms with E-state index in [1.807, 2.05) is 19.0 Å². The number of carboxylic acids is 1. The fourth-order valence-corrected chi connectivity index (χ4v) is 2.51. The summed E-state index contributed by atoms with van der Waals surface area (Å²) in [5.41, 5.74) is -0.598. The van der Waals surface area contributed by atoms with E-state index in [1.165, 1.54) is 6.42 Å². The van der Waals surface area contributed by atoms with Crippen molar-refractivity contribution in [2.45, 2.75) is 44.6 Å². The average molecular weight is 199 g/mol. The van der Waals surface area contributed by atoms with Gasteiger partial charge in [-0.25, -0.2) is 0 Å². The minimum absolute atomic E-state index is 0.585. The molecule has 0 aromatic heterocycles. The smallest absolute Gasteiger partial charge is 0.324 e. The summed E-state index contributed by atoms with van der Waals surface area (Å²) in [5.74, 6) is -0.0668. The highest BCUT2D eigenvalue weighted by Crippen LogP contribution is 2.37. The Balaban J connectivity index is 2.82. The minimum atomic E-state index is -0.652. The molecule has 82 valence electrons. The van der Waals surface area contributed by atoms with Crippen molar-refractivity contribution in [3.63, 3.8) is 0 Å². The summed E-state index contributed by atoms with van der Waals surface area (Å²) in [5, 5.41) is 9.33. The predicted octanol–water partition coefficient (Wildman–Crippen LogP) is 1.97. The molecule has 1 fully saturated rings. The maximum absolute atomic E-state index is 11.3. The first-order valence-corrected chi connectivity index (χ1v) is 5.43. The molecule has 0 spiro atoms. The van der Waals surface area contributed by atoms with E-state index in [0.29, 0.717) is 5.92 Å². The first-order valence-electron chi connectivity index (χ1n) is 5.43. The van der Waals surface area contributed by atoms with E-state index in [9.17, 15) is 9.90 Å². The fourth-order valence-electron chi connectivity index (χ4n) is 2.51. The Morgan fingerprint density at radius 2 is 2.21 bits per heavy atom. The number of likely N-dealkylation sites (N-methyl/N-ethyl adjacent to an activating group) is 1. The van der Waals surface area contributed by atoms with Gasteiger partial charge in [0.2, 0.25) is 0 Å². The Morgan fingerprint density at radius 1 is 1.57 bits per heavy atom. The molecule has 0 amide bonds. The Bertz CT molecular complexity index is 215. The summed E-state index contributed by atoms with van der Waals surface area (Å²) < 4.78 is 0. The topological polar surface area (TPSA) is 40.5 Å². The summed E-state index contributed by atoms with van der Waals surface area (Å²) >= 11 is 0. The zero-order valence-electron chi connectivity index (χ0n) is 9.42. The van der Waals surface area contributed by atoms with Crippen LogP contribution in [-0.2, 0) is 4.79 Å². The van der Waals surface area contributed by atoms with Crippen LogP contribution in [0.1, 0.15) is 39.0 Å². The standard InChI is InChI=1S/C11H21NO2/c1-4-9-6-5-7-11(8-9,10(13)14)12(2)3/h9H,4-8H2,1-3H3,(H,13,14). The number of carboxylic acid groups (broad SMARTS) is 1. The summed E-state index contributed by atoms with van der Waals surface area (Å²) in [7, 11) is 3.76. The maximum Gasteiger partial charge on any atom is 0.324 e. The van der Waals surface area contributed by atoms with Crippen LogP contribution in [0.2, 0.25) is 0 Å². The zero-order chi connectivity index (χ0) is 10.8. The molecule has 0 aromatic carbocycles. The lowest BCUT2D eigenvalue weighted by Gasteiger charge is -2.42. The van der Waals surface area contributed by atoms with Crippen LogP contribution < -0.4 is 0 Å². The molecule has 1 N–H and O–H groups in total. The van der Waals surface area contributed by atoms with Crippen LogP contribution in [0.3, 0.4) is 0 Å². The van der Waals surface area contributed by atoms with Gasteiger partial charge in [0, 0.05) is 0 Å². The van der Waals surface area contributed by atoms with Gasteiger partial charge in [-0.15, -0.1) is 0 Å². The third-order valence-corrected chi connectivity index (χ3v) is 3.66. The number of rotatable bonds is 3. The van der Waals surface area contributed by atoms with E-state index in [0.717, 1.165) is 25.7 Å². The quantitative estimate of drug-likeness (QED) is 0.755. The van der Waals surface area contributed by atoms with Gasteiger partial charge >= 0.3 is 5.97 Å². The number of hydrogen-bond donors (Lipinski definition) is 1. The molecule has 0 heterocycles. The van der Waals surface area contributed by atoms with Crippen molar-refractivity contribution in [1.82, 2.24) is 4.90 Å². The summed E-state index contributed by atoms with van der Waals surface area (Å²) in [6.45, 7) is 2.15. The van der Waals surface area contributed by atoms with Gasteiger partial charge in [-0.3, -0.25) is 9.69 Å². The van der Waals surface area contributed by atoms with Gasteiger partial charge in [0.1, 0.15) is 5.54 Å². The highest BCUT2D eigenvalue weighted by Gasteiger charge is 2.44. The van der Waals surface area contributed by atoms with Gasteiger partial charge in [-0.05, 0) is 32.9 Å². The number of hydrogen-bond acceptors (Lipinski definition) is 2. The van der Waals surface area contributed by atoms with Crippen molar-refractivity contribution in [2.75, 3.05) is 14.1 Å². The molecule has 0 radical (unpaired) electrons. The molecule has 0 bridgehead atoms. The molecule has 1 rings (SSSR count). The maximum atomic E-state index is 11.3. The molecule has 2 atom stereocenters. The zero-order valence-corrected chi connectivity index (χ0v) is 9.42. The molecule has 0 saturated heterocycles. The van der Waals surface area contributed by atoms with E-state index >= 15 is 0 Å². The second kappa shape index (κ2) is 4.30. The van der Waals surface area contributed by atoms with E-state index in [1.54, 1.807) is 0 Å². The Morgan fingerprint density at radius 3 is 2.64 bits per heavy atom. The monoisotopic (exact) mass is 199 g/mol. The largest absolute Gasteiger partial charge is 0.480 e. The lowest BCUT2D eigenvalue weighted by molar-refractivity contribution is -0.153. The minimum Gasteiger partial charge on any atom is -0.480 e. The van der Waals surface area contributed by atoms with Crippen molar-refractivity contribution in [2.24, 2.45) is 5.92 Å². The summed E-state index contributed by atoms with van der Waals surface area (Å²) in [4.78, 5) is 13.2. The second-order valence-corrected chi connectivity index (χ2v) is 4.60. The van der Waals surface area contributed by atoms with E-state index < -0.39 is 11.5 Å². The van der Waals surface area contributed by atoms with E-state index in [2.05, 4.69) is 6.92 Å². The van der Waals surface area contributed by atoms with Crippen LogP contribution >= 0.6 is 0 Å². The molecule has 3 heteroatoms. The lowest BCUT2D eigenvalue weighted by Crippen LogP contribution is -2.53. The molecule has 1 saturated carbocycles. The molecule has 0 aromatic rings. The van der Waals surface area contributed by atoms with Crippen molar-refractivity contribution in [3.8, 4) is 0 Å². The first kappa shape index (κ1) is 11.5. The summed E-state index contributed by atoms with van der Waals surface area (Å²) in [6, 6.07) is 0. The highest BCUT2D eigenvalue weighted by atomic mass is 16.4. The Hall–Kier alpha value is -0.570. The lowest BCUT2D eigenvalue weighted by atomic mass is 9.74. The van der Waals surface area contributed by atoms with Gasteiger partial charge < -0.3 is 5.11 Å². The van der Waals surface area contributed by atoms with Crippen LogP contribution in [-0.4, -0.2) is 35.6 Å². The van der Waals surface area contributed by atoms with Gasteiger partial charge in [0.25, 0.3) is 0 Å². The van der Waals surface area contributed by atoms with Gasteiger partial charge in [0.15, 0.2) is 0 Å². The Kier molecular flexibility index (Phi) is 3.53. The molecule has 1 aliphatic carbocycles. The number of nitrogens with zero attached hydrogens (tertiary/aromatic N) is 1. The van der Waals surface area contributed by atoms with Crippen molar-refractivity contribution in [3.05, 3.63) is 0 Å². The first-order chi connectivity index (χ1) is 6.53. The molecule has 3 nitrogen and oxygen atoms in total. The van der Waals surface area contributed by atoms with Crippen LogP contribution in [0, 0.1) is 5.92 Å².